The minimum Gasteiger partial charge on any atom is -0.399 e. The average Bonchev–Trinajstić information content (AvgIpc) is 2.41. The third-order valence-electron chi connectivity index (χ3n) is 2.40. The molecule has 0 aliphatic heterocycles. The molecule has 2 aromatic carbocycles. The molecule has 2 rings (SSSR count). The molecular formula is C14H12FN3O. The minimum atomic E-state index is -0.356. The van der Waals surface area contributed by atoms with E-state index in [9.17, 15) is 9.18 Å². The summed E-state index contributed by atoms with van der Waals surface area (Å²) >= 11 is 0. The fraction of sp³-hybridized carbons (Fsp3) is 0. The number of halogens is 1. The first kappa shape index (κ1) is 12.8. The van der Waals surface area contributed by atoms with Crippen LogP contribution in [0.4, 0.5) is 10.1 Å². The molecule has 2 aromatic rings. The van der Waals surface area contributed by atoms with E-state index < -0.39 is 0 Å². The Bertz CT molecular complexity index is 608. The van der Waals surface area contributed by atoms with Crippen LogP contribution in [0.2, 0.25) is 0 Å². The van der Waals surface area contributed by atoms with Gasteiger partial charge >= 0.3 is 0 Å². The fourth-order valence-electron chi connectivity index (χ4n) is 1.46. The highest BCUT2D eigenvalue weighted by Crippen LogP contribution is 2.06. The summed E-state index contributed by atoms with van der Waals surface area (Å²) < 4.78 is 12.7. The van der Waals surface area contributed by atoms with Crippen molar-refractivity contribution in [3.63, 3.8) is 0 Å². The van der Waals surface area contributed by atoms with Crippen molar-refractivity contribution in [3.05, 3.63) is 65.5 Å². The van der Waals surface area contributed by atoms with Gasteiger partial charge in [-0.1, -0.05) is 18.2 Å². The molecule has 0 saturated heterocycles. The highest BCUT2D eigenvalue weighted by atomic mass is 19.1. The Kier molecular flexibility index (Phi) is 3.87. The van der Waals surface area contributed by atoms with Crippen LogP contribution in [-0.4, -0.2) is 12.1 Å². The Labute approximate surface area is 109 Å². The monoisotopic (exact) mass is 257 g/mol. The first-order valence-corrected chi connectivity index (χ1v) is 5.59. The second-order valence-corrected chi connectivity index (χ2v) is 3.88. The number of nitrogens with one attached hydrogen (secondary N) is 1. The lowest BCUT2D eigenvalue weighted by molar-refractivity contribution is 0.0955. The number of hydrazone groups is 1. The molecule has 0 atom stereocenters. The Balaban J connectivity index is 1.98. The molecule has 0 unspecified atom stereocenters. The molecule has 4 nitrogen and oxygen atoms in total. The molecule has 5 heteroatoms. The quantitative estimate of drug-likeness (QED) is 0.502. The van der Waals surface area contributed by atoms with Crippen molar-refractivity contribution in [2.45, 2.75) is 0 Å². The highest BCUT2D eigenvalue weighted by molar-refractivity contribution is 5.95. The van der Waals surface area contributed by atoms with Gasteiger partial charge in [-0.05, 0) is 35.9 Å². The van der Waals surface area contributed by atoms with Crippen molar-refractivity contribution in [2.24, 2.45) is 5.10 Å². The molecule has 19 heavy (non-hydrogen) atoms. The maximum Gasteiger partial charge on any atom is 0.271 e. The van der Waals surface area contributed by atoms with Crippen LogP contribution in [0.3, 0.4) is 0 Å². The molecule has 0 aliphatic rings. The van der Waals surface area contributed by atoms with Crippen molar-refractivity contribution in [1.82, 2.24) is 5.43 Å². The van der Waals surface area contributed by atoms with Gasteiger partial charge in [0.05, 0.1) is 6.21 Å². The van der Waals surface area contributed by atoms with E-state index in [1.54, 1.807) is 36.4 Å². The largest absolute Gasteiger partial charge is 0.399 e. The molecule has 0 heterocycles. The number of anilines is 1. The highest BCUT2D eigenvalue weighted by Gasteiger charge is 2.03. The summed E-state index contributed by atoms with van der Waals surface area (Å²) in [4.78, 5) is 11.7. The summed E-state index contributed by atoms with van der Waals surface area (Å²) in [5.74, 6) is -0.674. The predicted molar refractivity (Wildman–Crippen MR) is 72.3 cm³/mol. The van der Waals surface area contributed by atoms with E-state index in [-0.39, 0.29) is 11.7 Å². The molecule has 0 fully saturated rings. The number of hydrogen-bond donors (Lipinski definition) is 2. The van der Waals surface area contributed by atoms with Crippen LogP contribution < -0.4 is 11.2 Å². The average molecular weight is 257 g/mol. The fourth-order valence-corrected chi connectivity index (χ4v) is 1.46. The topological polar surface area (TPSA) is 67.5 Å². The van der Waals surface area contributed by atoms with Gasteiger partial charge in [-0.3, -0.25) is 4.79 Å². The molecule has 1 amide bonds. The number of rotatable bonds is 3. The number of nitrogens with two attached hydrogens (primary N) is 1. The number of amides is 1. The van der Waals surface area contributed by atoms with E-state index in [0.29, 0.717) is 16.8 Å². The van der Waals surface area contributed by atoms with E-state index in [0.717, 1.165) is 0 Å². The second kappa shape index (κ2) is 5.77. The Hall–Kier alpha value is -2.69. The Morgan fingerprint density at radius 2 is 1.95 bits per heavy atom. The maximum atomic E-state index is 12.7. The summed E-state index contributed by atoms with van der Waals surface area (Å²) in [6, 6.07) is 12.3. The molecule has 0 aromatic heterocycles. The van der Waals surface area contributed by atoms with E-state index in [4.69, 9.17) is 5.73 Å². The van der Waals surface area contributed by atoms with Gasteiger partial charge in [-0.2, -0.15) is 5.10 Å². The van der Waals surface area contributed by atoms with Crippen molar-refractivity contribution < 1.29 is 9.18 Å². The lowest BCUT2D eigenvalue weighted by atomic mass is 10.2. The smallest absolute Gasteiger partial charge is 0.271 e. The molecule has 96 valence electrons. The van der Waals surface area contributed by atoms with Gasteiger partial charge in [0.15, 0.2) is 0 Å². The summed E-state index contributed by atoms with van der Waals surface area (Å²) in [5.41, 5.74) is 9.57. The van der Waals surface area contributed by atoms with E-state index in [1.807, 2.05) is 0 Å². The Morgan fingerprint density at radius 1 is 1.21 bits per heavy atom. The van der Waals surface area contributed by atoms with Crippen molar-refractivity contribution in [2.75, 3.05) is 5.73 Å². The summed E-state index contributed by atoms with van der Waals surface area (Å²) in [6.45, 7) is 0. The third kappa shape index (κ3) is 3.64. The van der Waals surface area contributed by atoms with Gasteiger partial charge < -0.3 is 5.73 Å². The normalized spacial score (nSPS) is 10.6. The molecule has 0 radical (unpaired) electrons. The van der Waals surface area contributed by atoms with E-state index >= 15 is 0 Å². The van der Waals surface area contributed by atoms with Crippen LogP contribution in [0.1, 0.15) is 15.9 Å². The first-order valence-electron chi connectivity index (χ1n) is 5.59. The lowest BCUT2D eigenvalue weighted by Gasteiger charge is -2.00. The SMILES string of the molecule is Nc1cccc(C(=O)N/N=C/c2ccc(F)cc2)c1. The number of nitrogen functional groups attached to an aromatic ring is 1. The van der Waals surface area contributed by atoms with Gasteiger partial charge in [0, 0.05) is 11.3 Å². The van der Waals surface area contributed by atoms with Crippen molar-refractivity contribution in [3.8, 4) is 0 Å². The zero-order chi connectivity index (χ0) is 13.7. The van der Waals surface area contributed by atoms with Gasteiger partial charge in [-0.25, -0.2) is 9.82 Å². The number of carbonyl (C=O) groups is 1. The van der Waals surface area contributed by atoms with Gasteiger partial charge in [0.25, 0.3) is 5.91 Å². The minimum absolute atomic E-state index is 0.319. The number of nitrogens with zero attached hydrogens (tertiary/aromatic N) is 1. The standard InChI is InChI=1S/C14H12FN3O/c15-12-6-4-10(5-7-12)9-17-18-14(19)11-2-1-3-13(16)8-11/h1-9H,16H2,(H,18,19)/b17-9+. The zero-order valence-electron chi connectivity index (χ0n) is 10.0. The van der Waals surface area contributed by atoms with Crippen molar-refractivity contribution in [1.29, 1.82) is 0 Å². The van der Waals surface area contributed by atoms with Crippen LogP contribution in [0.25, 0.3) is 0 Å². The maximum absolute atomic E-state index is 12.7. The summed E-state index contributed by atoms with van der Waals surface area (Å²) in [6.07, 6.45) is 1.43. The van der Waals surface area contributed by atoms with Gasteiger partial charge in [0.1, 0.15) is 5.82 Å². The molecule has 0 spiro atoms. The van der Waals surface area contributed by atoms with Gasteiger partial charge in [-0.15, -0.1) is 0 Å². The number of hydrogen-bond acceptors (Lipinski definition) is 3. The third-order valence-corrected chi connectivity index (χ3v) is 2.40. The molecule has 0 saturated carbocycles. The van der Waals surface area contributed by atoms with Crippen LogP contribution in [-0.2, 0) is 0 Å². The van der Waals surface area contributed by atoms with Crippen LogP contribution >= 0.6 is 0 Å². The van der Waals surface area contributed by atoms with Crippen molar-refractivity contribution >= 4 is 17.8 Å². The Morgan fingerprint density at radius 3 is 2.63 bits per heavy atom. The van der Waals surface area contributed by atoms with Crippen LogP contribution in [0.15, 0.2) is 53.6 Å². The number of carbonyl (C=O) groups excluding carboxylic acids is 1. The first-order chi connectivity index (χ1) is 9.15. The summed E-state index contributed by atoms with van der Waals surface area (Å²) in [5, 5.41) is 3.79. The predicted octanol–water partition coefficient (Wildman–Crippen LogP) is 2.17. The zero-order valence-corrected chi connectivity index (χ0v) is 10.0. The number of benzene rings is 2. The van der Waals surface area contributed by atoms with E-state index in [1.165, 1.54) is 18.3 Å². The lowest BCUT2D eigenvalue weighted by Crippen LogP contribution is -2.17. The second-order valence-electron chi connectivity index (χ2n) is 3.88. The van der Waals surface area contributed by atoms with Gasteiger partial charge in [0.2, 0.25) is 0 Å². The molecule has 0 bridgehead atoms. The molecule has 3 N–H and O–H groups in total. The van der Waals surface area contributed by atoms with E-state index in [2.05, 4.69) is 10.5 Å². The summed E-state index contributed by atoms with van der Waals surface area (Å²) in [7, 11) is 0. The molecular weight excluding hydrogens is 245 g/mol. The van der Waals surface area contributed by atoms with Crippen LogP contribution in [0, 0.1) is 5.82 Å². The molecule has 0 aliphatic carbocycles. The van der Waals surface area contributed by atoms with Crippen LogP contribution in [0.5, 0.6) is 0 Å².